The van der Waals surface area contributed by atoms with Crippen LogP contribution in [0.25, 0.3) is 0 Å². The number of carbonyl (C=O) groups excluding carboxylic acids is 1. The first-order valence-corrected chi connectivity index (χ1v) is 6.89. The number of halogens is 1. The van der Waals surface area contributed by atoms with Gasteiger partial charge in [0.15, 0.2) is 5.75 Å². The minimum atomic E-state index is -4.05. The van der Waals surface area contributed by atoms with Gasteiger partial charge < -0.3 is 4.74 Å². The Morgan fingerprint density at radius 3 is 2.74 bits per heavy atom. The molecule has 0 atom stereocenters. The number of anilines is 1. The minimum Gasteiger partial charge on any atom is -0.465 e. The average Bonchev–Trinajstić information content (AvgIpc) is 2.31. The Morgan fingerprint density at radius 2 is 2.21 bits per heavy atom. The molecule has 0 radical (unpaired) electrons. The number of hydrogen-bond donors (Lipinski definition) is 1. The number of nitriles is 1. The Bertz CT molecular complexity index is 622. The zero-order chi connectivity index (χ0) is 14.5. The zero-order valence-corrected chi connectivity index (χ0v) is 10.8. The van der Waals surface area contributed by atoms with E-state index in [1.807, 2.05) is 4.72 Å². The van der Waals surface area contributed by atoms with Gasteiger partial charge in [-0.3, -0.25) is 9.52 Å². The van der Waals surface area contributed by atoms with Gasteiger partial charge in [-0.2, -0.15) is 5.26 Å². The topological polar surface area (TPSA) is 96.3 Å². The number of rotatable bonds is 5. The van der Waals surface area contributed by atoms with Crippen molar-refractivity contribution in [2.75, 3.05) is 17.1 Å². The van der Waals surface area contributed by atoms with Crippen LogP contribution in [0.1, 0.15) is 12.5 Å². The summed E-state index contributed by atoms with van der Waals surface area (Å²) in [6.45, 7) is 1.60. The van der Waals surface area contributed by atoms with Crippen LogP contribution in [0, 0.1) is 17.1 Å². The van der Waals surface area contributed by atoms with Gasteiger partial charge in [0, 0.05) is 0 Å². The fourth-order valence-corrected chi connectivity index (χ4v) is 2.20. The highest BCUT2D eigenvalue weighted by atomic mass is 32.2. The minimum absolute atomic E-state index is 0.0551. The molecule has 1 aromatic rings. The molecule has 0 aliphatic carbocycles. The van der Waals surface area contributed by atoms with Gasteiger partial charge in [-0.15, -0.1) is 0 Å². The SMILES string of the molecule is CCOC(=O)CS(=O)(=O)Nc1ccc(C#N)cc1F. The molecule has 102 valence electrons. The Hall–Kier alpha value is -2.14. The van der Waals surface area contributed by atoms with Crippen molar-refractivity contribution in [3.63, 3.8) is 0 Å². The third-order valence-electron chi connectivity index (χ3n) is 1.98. The number of benzene rings is 1. The zero-order valence-electron chi connectivity index (χ0n) is 10.0. The maximum absolute atomic E-state index is 13.5. The van der Waals surface area contributed by atoms with Gasteiger partial charge in [0.05, 0.1) is 23.9 Å². The number of hydrogen-bond acceptors (Lipinski definition) is 5. The van der Waals surface area contributed by atoms with E-state index < -0.39 is 27.6 Å². The van der Waals surface area contributed by atoms with Crippen molar-refractivity contribution in [3.05, 3.63) is 29.6 Å². The molecule has 0 saturated heterocycles. The van der Waals surface area contributed by atoms with Gasteiger partial charge in [0.2, 0.25) is 10.0 Å². The highest BCUT2D eigenvalue weighted by Gasteiger charge is 2.19. The van der Waals surface area contributed by atoms with Crippen LogP contribution >= 0.6 is 0 Å². The molecule has 0 amide bonds. The van der Waals surface area contributed by atoms with E-state index in [2.05, 4.69) is 4.74 Å². The number of esters is 1. The quantitative estimate of drug-likeness (QED) is 0.815. The fourth-order valence-electron chi connectivity index (χ4n) is 1.23. The van der Waals surface area contributed by atoms with E-state index in [4.69, 9.17) is 5.26 Å². The normalized spacial score (nSPS) is 10.6. The van der Waals surface area contributed by atoms with Gasteiger partial charge >= 0.3 is 5.97 Å². The largest absolute Gasteiger partial charge is 0.465 e. The third kappa shape index (κ3) is 4.56. The molecule has 6 nitrogen and oxygen atoms in total. The predicted molar refractivity (Wildman–Crippen MR) is 65.2 cm³/mol. The van der Waals surface area contributed by atoms with Crippen LogP contribution in [0.15, 0.2) is 18.2 Å². The van der Waals surface area contributed by atoms with Crippen molar-refractivity contribution in [2.24, 2.45) is 0 Å². The fraction of sp³-hybridized carbons (Fsp3) is 0.273. The Balaban J connectivity index is 2.84. The first-order valence-electron chi connectivity index (χ1n) is 5.23. The molecule has 0 heterocycles. The Labute approximate surface area is 109 Å². The van der Waals surface area contributed by atoms with Crippen LogP contribution in [-0.4, -0.2) is 26.7 Å². The molecule has 0 spiro atoms. The smallest absolute Gasteiger partial charge is 0.323 e. The third-order valence-corrected chi connectivity index (χ3v) is 3.12. The molecule has 0 unspecified atom stereocenters. The molecular formula is C11H11FN2O4S. The van der Waals surface area contributed by atoms with Gasteiger partial charge in [0.1, 0.15) is 5.82 Å². The van der Waals surface area contributed by atoms with Crippen molar-refractivity contribution >= 4 is 21.7 Å². The summed E-state index contributed by atoms with van der Waals surface area (Å²) in [5, 5.41) is 8.55. The van der Waals surface area contributed by atoms with E-state index in [0.717, 1.165) is 12.1 Å². The summed E-state index contributed by atoms with van der Waals surface area (Å²) < 4.78 is 43.0. The van der Waals surface area contributed by atoms with Crippen molar-refractivity contribution in [1.82, 2.24) is 0 Å². The van der Waals surface area contributed by atoms with Crippen LogP contribution in [0.3, 0.4) is 0 Å². The maximum atomic E-state index is 13.5. The van der Waals surface area contributed by atoms with Crippen LogP contribution < -0.4 is 4.72 Å². The number of carbonyl (C=O) groups is 1. The summed E-state index contributed by atoms with van der Waals surface area (Å²) in [5.41, 5.74) is -0.269. The molecule has 19 heavy (non-hydrogen) atoms. The van der Waals surface area contributed by atoms with E-state index >= 15 is 0 Å². The summed E-state index contributed by atoms with van der Waals surface area (Å²) in [6, 6.07) is 4.97. The lowest BCUT2D eigenvalue weighted by Crippen LogP contribution is -2.24. The van der Waals surface area contributed by atoms with Crippen molar-refractivity contribution in [1.29, 1.82) is 5.26 Å². The lowest BCUT2D eigenvalue weighted by Gasteiger charge is -2.08. The molecule has 0 saturated carbocycles. The summed E-state index contributed by atoms with van der Waals surface area (Å²) in [4.78, 5) is 11.1. The molecule has 1 rings (SSSR count). The standard InChI is InChI=1S/C11H11FN2O4S/c1-2-18-11(15)7-19(16,17)14-10-4-3-8(6-13)5-9(10)12/h3-5,14H,2,7H2,1H3. The number of ether oxygens (including phenoxy) is 1. The summed E-state index contributed by atoms with van der Waals surface area (Å²) in [5.74, 6) is -2.73. The second kappa shape index (κ2) is 6.15. The molecule has 8 heteroatoms. The molecule has 1 aromatic carbocycles. The second-order valence-electron chi connectivity index (χ2n) is 3.47. The number of nitrogens with zero attached hydrogens (tertiary/aromatic N) is 1. The first-order chi connectivity index (χ1) is 8.88. The molecule has 0 aliphatic heterocycles. The van der Waals surface area contributed by atoms with Gasteiger partial charge in [-0.05, 0) is 25.1 Å². The summed E-state index contributed by atoms with van der Waals surface area (Å²) in [7, 11) is -4.05. The van der Waals surface area contributed by atoms with Crippen molar-refractivity contribution < 1.29 is 22.3 Å². The van der Waals surface area contributed by atoms with Crippen LogP contribution in [-0.2, 0) is 19.6 Å². The van der Waals surface area contributed by atoms with Crippen molar-refractivity contribution in [3.8, 4) is 6.07 Å². The predicted octanol–water partition coefficient (Wildman–Crippen LogP) is 1.00. The lowest BCUT2D eigenvalue weighted by molar-refractivity contribution is -0.139. The number of sulfonamides is 1. The van der Waals surface area contributed by atoms with E-state index in [1.54, 1.807) is 6.07 Å². The Morgan fingerprint density at radius 1 is 1.53 bits per heavy atom. The van der Waals surface area contributed by atoms with Crippen LogP contribution in [0.2, 0.25) is 0 Å². The highest BCUT2D eigenvalue weighted by molar-refractivity contribution is 7.93. The molecular weight excluding hydrogens is 275 g/mol. The van der Waals surface area contributed by atoms with Crippen LogP contribution in [0.4, 0.5) is 10.1 Å². The highest BCUT2D eigenvalue weighted by Crippen LogP contribution is 2.16. The summed E-state index contributed by atoms with van der Waals surface area (Å²) in [6.07, 6.45) is 0. The van der Waals surface area contributed by atoms with Gasteiger partial charge in [-0.1, -0.05) is 0 Å². The van der Waals surface area contributed by atoms with E-state index in [9.17, 15) is 17.6 Å². The van der Waals surface area contributed by atoms with E-state index in [-0.39, 0.29) is 17.9 Å². The molecule has 0 bridgehead atoms. The average molecular weight is 286 g/mol. The first kappa shape index (κ1) is 14.9. The van der Waals surface area contributed by atoms with E-state index in [0.29, 0.717) is 0 Å². The van der Waals surface area contributed by atoms with E-state index in [1.165, 1.54) is 13.0 Å². The molecule has 0 fully saturated rings. The van der Waals surface area contributed by atoms with Gasteiger partial charge in [0.25, 0.3) is 0 Å². The molecule has 1 N–H and O–H groups in total. The van der Waals surface area contributed by atoms with Gasteiger partial charge in [-0.25, -0.2) is 12.8 Å². The molecule has 0 aliphatic rings. The monoisotopic (exact) mass is 286 g/mol. The lowest BCUT2D eigenvalue weighted by atomic mass is 10.2. The molecule has 0 aromatic heterocycles. The second-order valence-corrected chi connectivity index (χ2v) is 5.19. The van der Waals surface area contributed by atoms with Crippen molar-refractivity contribution in [2.45, 2.75) is 6.92 Å². The maximum Gasteiger partial charge on any atom is 0.323 e. The Kier molecular flexibility index (Phi) is 4.83. The number of nitrogens with one attached hydrogen (secondary N) is 1. The summed E-state index contributed by atoms with van der Waals surface area (Å²) >= 11 is 0. The van der Waals surface area contributed by atoms with Crippen LogP contribution in [0.5, 0.6) is 0 Å².